The van der Waals surface area contributed by atoms with Gasteiger partial charge in [0.2, 0.25) is 11.8 Å². The number of benzene rings is 2. The molecule has 144 valence electrons. The number of halogens is 1. The molecule has 0 atom stereocenters. The van der Waals surface area contributed by atoms with E-state index in [1.54, 1.807) is 12.1 Å². The van der Waals surface area contributed by atoms with Gasteiger partial charge < -0.3 is 18.6 Å². The lowest BCUT2D eigenvalue weighted by atomic mass is 9.74. The van der Waals surface area contributed by atoms with Gasteiger partial charge in [-0.05, 0) is 48.7 Å². The van der Waals surface area contributed by atoms with Crippen LogP contribution in [-0.2, 0) is 10.2 Å². The smallest absolute Gasteiger partial charge is 0.247 e. The first-order valence-corrected chi connectivity index (χ1v) is 9.32. The van der Waals surface area contributed by atoms with Gasteiger partial charge in [0.05, 0.1) is 5.41 Å². The standard InChI is InChI=1S/C21H19FN2O4/c22-16-3-1-2-15(13-16)21(6-8-25-9-7-21)20-24-23-19(28-20)14-4-5-17-18(12-14)27-11-10-26-17/h1-5,12-13H,6-11H2. The highest BCUT2D eigenvalue weighted by molar-refractivity contribution is 5.60. The van der Waals surface area contributed by atoms with Gasteiger partial charge in [0, 0.05) is 18.8 Å². The van der Waals surface area contributed by atoms with E-state index in [0.29, 0.717) is 62.5 Å². The highest BCUT2D eigenvalue weighted by atomic mass is 19.1. The van der Waals surface area contributed by atoms with Crippen LogP contribution in [0.1, 0.15) is 24.3 Å². The van der Waals surface area contributed by atoms with Crippen molar-refractivity contribution in [1.82, 2.24) is 10.2 Å². The molecule has 0 aliphatic carbocycles. The lowest BCUT2D eigenvalue weighted by Crippen LogP contribution is -2.35. The fourth-order valence-electron chi connectivity index (χ4n) is 3.84. The van der Waals surface area contributed by atoms with E-state index in [0.717, 1.165) is 11.1 Å². The van der Waals surface area contributed by atoms with Gasteiger partial charge in [0.25, 0.3) is 0 Å². The Kier molecular flexibility index (Phi) is 4.24. The van der Waals surface area contributed by atoms with Gasteiger partial charge in [-0.15, -0.1) is 10.2 Å². The first-order valence-electron chi connectivity index (χ1n) is 9.32. The fourth-order valence-corrected chi connectivity index (χ4v) is 3.84. The Morgan fingerprint density at radius 1 is 0.857 bits per heavy atom. The van der Waals surface area contributed by atoms with Crippen LogP contribution in [0, 0.1) is 5.82 Å². The maximum atomic E-state index is 13.9. The number of ether oxygens (including phenoxy) is 3. The number of hydrogen-bond acceptors (Lipinski definition) is 6. The molecule has 28 heavy (non-hydrogen) atoms. The number of nitrogens with zero attached hydrogens (tertiary/aromatic N) is 2. The third-order valence-electron chi connectivity index (χ3n) is 5.35. The summed E-state index contributed by atoms with van der Waals surface area (Å²) in [5.41, 5.74) is 1.03. The monoisotopic (exact) mass is 382 g/mol. The molecule has 0 N–H and O–H groups in total. The molecule has 0 saturated carbocycles. The average Bonchev–Trinajstić information content (AvgIpc) is 3.25. The molecule has 1 aromatic heterocycles. The number of aromatic nitrogens is 2. The SMILES string of the molecule is Fc1cccc(C2(c3nnc(-c4ccc5c(c4)OCCO5)o3)CCOCC2)c1. The van der Waals surface area contributed by atoms with Gasteiger partial charge in [-0.1, -0.05) is 12.1 Å². The van der Waals surface area contributed by atoms with E-state index in [1.165, 1.54) is 6.07 Å². The summed E-state index contributed by atoms with van der Waals surface area (Å²) in [6, 6.07) is 12.1. The Morgan fingerprint density at radius 3 is 2.50 bits per heavy atom. The maximum absolute atomic E-state index is 13.9. The summed E-state index contributed by atoms with van der Waals surface area (Å²) >= 11 is 0. The molecule has 2 aliphatic heterocycles. The third kappa shape index (κ3) is 2.92. The quantitative estimate of drug-likeness (QED) is 0.687. The maximum Gasteiger partial charge on any atom is 0.247 e. The summed E-state index contributed by atoms with van der Waals surface area (Å²) in [4.78, 5) is 0. The summed E-state index contributed by atoms with van der Waals surface area (Å²) in [6.07, 6.45) is 1.30. The molecule has 0 unspecified atom stereocenters. The van der Waals surface area contributed by atoms with Crippen LogP contribution in [0.4, 0.5) is 4.39 Å². The molecule has 2 aliphatic rings. The number of rotatable bonds is 3. The van der Waals surface area contributed by atoms with Gasteiger partial charge >= 0.3 is 0 Å². The first kappa shape index (κ1) is 17.2. The molecule has 2 aromatic carbocycles. The van der Waals surface area contributed by atoms with Crippen molar-refractivity contribution in [2.75, 3.05) is 26.4 Å². The van der Waals surface area contributed by atoms with Crippen molar-refractivity contribution in [2.45, 2.75) is 18.3 Å². The lowest BCUT2D eigenvalue weighted by molar-refractivity contribution is 0.0545. The predicted octanol–water partition coefficient (Wildman–Crippen LogP) is 3.74. The van der Waals surface area contributed by atoms with Crippen LogP contribution >= 0.6 is 0 Å². The van der Waals surface area contributed by atoms with Crippen LogP contribution in [0.25, 0.3) is 11.5 Å². The van der Waals surface area contributed by atoms with Crippen molar-refractivity contribution >= 4 is 0 Å². The van der Waals surface area contributed by atoms with Gasteiger partial charge in [0.1, 0.15) is 19.0 Å². The Hall–Kier alpha value is -2.93. The van der Waals surface area contributed by atoms with Crippen LogP contribution in [0.15, 0.2) is 46.9 Å². The van der Waals surface area contributed by atoms with Crippen molar-refractivity contribution in [3.05, 3.63) is 59.7 Å². The van der Waals surface area contributed by atoms with Crippen molar-refractivity contribution in [2.24, 2.45) is 0 Å². The second kappa shape index (κ2) is 6.91. The lowest BCUT2D eigenvalue weighted by Gasteiger charge is -2.34. The highest BCUT2D eigenvalue weighted by Crippen LogP contribution is 2.42. The van der Waals surface area contributed by atoms with Gasteiger partial charge in [-0.25, -0.2) is 4.39 Å². The minimum atomic E-state index is -0.556. The fraction of sp³-hybridized carbons (Fsp3) is 0.333. The highest BCUT2D eigenvalue weighted by Gasteiger charge is 2.41. The molecule has 0 amide bonds. The number of hydrogen-bond donors (Lipinski definition) is 0. The van der Waals surface area contributed by atoms with Crippen molar-refractivity contribution in [1.29, 1.82) is 0 Å². The summed E-state index contributed by atoms with van der Waals surface area (Å²) in [7, 11) is 0. The van der Waals surface area contributed by atoms with Gasteiger partial charge in [-0.3, -0.25) is 0 Å². The molecular formula is C21H19FN2O4. The molecule has 0 radical (unpaired) electrons. The predicted molar refractivity (Wildman–Crippen MR) is 98.0 cm³/mol. The normalized spacial score (nSPS) is 18.0. The summed E-state index contributed by atoms with van der Waals surface area (Å²) in [5, 5.41) is 8.60. The third-order valence-corrected chi connectivity index (χ3v) is 5.35. The van der Waals surface area contributed by atoms with Crippen LogP contribution in [0.5, 0.6) is 11.5 Å². The largest absolute Gasteiger partial charge is 0.486 e. The van der Waals surface area contributed by atoms with E-state index in [9.17, 15) is 4.39 Å². The molecule has 0 spiro atoms. The van der Waals surface area contributed by atoms with E-state index in [2.05, 4.69) is 10.2 Å². The van der Waals surface area contributed by atoms with E-state index < -0.39 is 5.41 Å². The second-order valence-electron chi connectivity index (χ2n) is 6.98. The van der Waals surface area contributed by atoms with E-state index >= 15 is 0 Å². The van der Waals surface area contributed by atoms with Crippen molar-refractivity contribution < 1.29 is 23.0 Å². The van der Waals surface area contributed by atoms with Crippen LogP contribution in [0.3, 0.4) is 0 Å². The summed E-state index contributed by atoms with van der Waals surface area (Å²) in [5.74, 6) is 1.96. The molecule has 3 heterocycles. The average molecular weight is 382 g/mol. The zero-order valence-corrected chi connectivity index (χ0v) is 15.2. The summed E-state index contributed by atoms with van der Waals surface area (Å²) in [6.45, 7) is 2.15. The minimum absolute atomic E-state index is 0.282. The van der Waals surface area contributed by atoms with E-state index in [1.807, 2.05) is 24.3 Å². The van der Waals surface area contributed by atoms with Gasteiger partial charge in [-0.2, -0.15) is 0 Å². The molecule has 3 aromatic rings. The molecule has 6 nitrogen and oxygen atoms in total. The topological polar surface area (TPSA) is 66.6 Å². The molecule has 7 heteroatoms. The van der Waals surface area contributed by atoms with Crippen LogP contribution in [-0.4, -0.2) is 36.6 Å². The Labute approximate surface area is 161 Å². The molecule has 1 fully saturated rings. The molecular weight excluding hydrogens is 363 g/mol. The Balaban J connectivity index is 1.54. The molecule has 0 bridgehead atoms. The zero-order chi connectivity index (χ0) is 19.0. The van der Waals surface area contributed by atoms with Crippen LogP contribution < -0.4 is 9.47 Å². The van der Waals surface area contributed by atoms with Crippen molar-refractivity contribution in [3.63, 3.8) is 0 Å². The zero-order valence-electron chi connectivity index (χ0n) is 15.2. The second-order valence-corrected chi connectivity index (χ2v) is 6.98. The molecule has 5 rings (SSSR count). The van der Waals surface area contributed by atoms with E-state index in [4.69, 9.17) is 18.6 Å². The van der Waals surface area contributed by atoms with E-state index in [-0.39, 0.29) is 5.82 Å². The van der Waals surface area contributed by atoms with Crippen LogP contribution in [0.2, 0.25) is 0 Å². The van der Waals surface area contributed by atoms with Crippen molar-refractivity contribution in [3.8, 4) is 23.0 Å². The first-order chi connectivity index (χ1) is 13.7. The Morgan fingerprint density at radius 2 is 1.68 bits per heavy atom. The van der Waals surface area contributed by atoms with Gasteiger partial charge in [0.15, 0.2) is 11.5 Å². The Bertz CT molecular complexity index is 998. The molecule has 1 saturated heterocycles. The minimum Gasteiger partial charge on any atom is -0.486 e. The number of fused-ring (bicyclic) bond motifs is 1. The summed E-state index contributed by atoms with van der Waals surface area (Å²) < 4.78 is 36.8.